The number of ether oxygens (including phenoxy) is 1. The van der Waals surface area contributed by atoms with Gasteiger partial charge in [0.25, 0.3) is 5.89 Å². The number of esters is 1. The SMILES string of the molecule is Cc1nc2c3ccccc3nn2c(C)c1CCC(=O)OC(C)c1nnc(-c2ccccc2)o1. The van der Waals surface area contributed by atoms with Crippen LogP contribution in [0.4, 0.5) is 0 Å². The smallest absolute Gasteiger partial charge is 0.306 e. The number of carbonyl (C=O) groups excluding carboxylic acids is 1. The normalized spacial score (nSPS) is 12.3. The molecule has 166 valence electrons. The molecule has 0 amide bonds. The third kappa shape index (κ3) is 3.95. The Morgan fingerprint density at radius 1 is 1.06 bits per heavy atom. The molecule has 3 heterocycles. The molecule has 0 fully saturated rings. The van der Waals surface area contributed by atoms with E-state index in [9.17, 15) is 4.79 Å². The van der Waals surface area contributed by atoms with Gasteiger partial charge in [-0.3, -0.25) is 4.79 Å². The third-order valence-corrected chi connectivity index (χ3v) is 5.71. The van der Waals surface area contributed by atoms with Crippen molar-refractivity contribution in [3.63, 3.8) is 0 Å². The van der Waals surface area contributed by atoms with Crippen molar-refractivity contribution in [1.29, 1.82) is 0 Å². The molecule has 5 rings (SSSR count). The van der Waals surface area contributed by atoms with Gasteiger partial charge in [0.05, 0.1) is 5.52 Å². The molecule has 1 atom stereocenters. The Morgan fingerprint density at radius 3 is 2.64 bits per heavy atom. The average Bonchev–Trinajstić information content (AvgIpc) is 3.45. The summed E-state index contributed by atoms with van der Waals surface area (Å²) in [5.74, 6) is 0.318. The second-order valence-electron chi connectivity index (χ2n) is 7.96. The van der Waals surface area contributed by atoms with E-state index in [1.54, 1.807) is 6.92 Å². The Labute approximate surface area is 190 Å². The fourth-order valence-electron chi connectivity index (χ4n) is 3.97. The van der Waals surface area contributed by atoms with Gasteiger partial charge < -0.3 is 9.15 Å². The van der Waals surface area contributed by atoms with E-state index in [1.807, 2.05) is 73.0 Å². The van der Waals surface area contributed by atoms with Crippen LogP contribution in [-0.2, 0) is 16.0 Å². The molecule has 8 nitrogen and oxygen atoms in total. The number of carbonyl (C=O) groups is 1. The maximum atomic E-state index is 12.5. The minimum Gasteiger partial charge on any atom is -0.453 e. The van der Waals surface area contributed by atoms with Gasteiger partial charge in [0.1, 0.15) is 0 Å². The predicted molar refractivity (Wildman–Crippen MR) is 123 cm³/mol. The highest BCUT2D eigenvalue weighted by Gasteiger charge is 2.20. The van der Waals surface area contributed by atoms with Crippen molar-refractivity contribution < 1.29 is 13.9 Å². The molecule has 0 saturated heterocycles. The van der Waals surface area contributed by atoms with Crippen molar-refractivity contribution >= 4 is 22.5 Å². The molecule has 0 aliphatic carbocycles. The zero-order valence-electron chi connectivity index (χ0n) is 18.6. The maximum absolute atomic E-state index is 12.5. The Kier molecular flexibility index (Phi) is 5.34. The summed E-state index contributed by atoms with van der Waals surface area (Å²) in [6, 6.07) is 17.4. The molecule has 0 bridgehead atoms. The average molecular weight is 441 g/mol. The number of benzene rings is 2. The lowest BCUT2D eigenvalue weighted by atomic mass is 10.1. The number of hydrogen-bond acceptors (Lipinski definition) is 7. The lowest BCUT2D eigenvalue weighted by molar-refractivity contribution is -0.149. The third-order valence-electron chi connectivity index (χ3n) is 5.71. The van der Waals surface area contributed by atoms with E-state index in [1.165, 1.54) is 0 Å². The number of rotatable bonds is 6. The molecule has 0 saturated carbocycles. The van der Waals surface area contributed by atoms with Crippen LogP contribution < -0.4 is 0 Å². The minimum atomic E-state index is -0.637. The van der Waals surface area contributed by atoms with Gasteiger partial charge in [0.2, 0.25) is 5.89 Å². The number of aryl methyl sites for hydroxylation is 2. The monoisotopic (exact) mass is 441 g/mol. The molecule has 8 heteroatoms. The zero-order chi connectivity index (χ0) is 22.9. The topological polar surface area (TPSA) is 95.4 Å². The summed E-state index contributed by atoms with van der Waals surface area (Å²) in [4.78, 5) is 17.3. The lowest BCUT2D eigenvalue weighted by Crippen LogP contribution is -2.12. The largest absolute Gasteiger partial charge is 0.453 e. The maximum Gasteiger partial charge on any atom is 0.306 e. The van der Waals surface area contributed by atoms with Crippen LogP contribution in [0.2, 0.25) is 0 Å². The number of aromatic nitrogens is 5. The van der Waals surface area contributed by atoms with E-state index in [-0.39, 0.29) is 18.3 Å². The molecule has 1 unspecified atom stereocenters. The van der Waals surface area contributed by atoms with E-state index in [4.69, 9.17) is 14.1 Å². The number of hydrogen-bond donors (Lipinski definition) is 0. The summed E-state index contributed by atoms with van der Waals surface area (Å²) >= 11 is 0. The highest BCUT2D eigenvalue weighted by atomic mass is 16.6. The van der Waals surface area contributed by atoms with E-state index in [0.29, 0.717) is 12.3 Å². The van der Waals surface area contributed by atoms with Gasteiger partial charge in [-0.1, -0.05) is 30.3 Å². The van der Waals surface area contributed by atoms with E-state index in [0.717, 1.165) is 39.1 Å². The summed E-state index contributed by atoms with van der Waals surface area (Å²) in [6.07, 6.45) is 0.0721. The molecule has 0 N–H and O–H groups in total. The van der Waals surface area contributed by atoms with Crippen LogP contribution in [0.3, 0.4) is 0 Å². The first kappa shape index (κ1) is 20.8. The van der Waals surface area contributed by atoms with Crippen LogP contribution in [0.25, 0.3) is 28.0 Å². The van der Waals surface area contributed by atoms with Crippen LogP contribution in [-0.4, -0.2) is 30.8 Å². The molecule has 2 aromatic carbocycles. The number of nitrogens with zero attached hydrogens (tertiary/aromatic N) is 5. The minimum absolute atomic E-state index is 0.208. The standard InChI is InChI=1S/C25H23N5O3/c1-15-19(16(2)30-23(26-15)20-11-7-8-12-21(20)29-30)13-14-22(31)32-17(3)24-27-28-25(33-24)18-9-5-4-6-10-18/h4-12,17H,13-14H2,1-3H3. The highest BCUT2D eigenvalue weighted by Crippen LogP contribution is 2.25. The van der Waals surface area contributed by atoms with Crippen LogP contribution in [0, 0.1) is 13.8 Å². The van der Waals surface area contributed by atoms with Crippen molar-refractivity contribution in [1.82, 2.24) is 24.8 Å². The summed E-state index contributed by atoms with van der Waals surface area (Å²) in [5, 5.41) is 13.8. The van der Waals surface area contributed by atoms with Crippen LogP contribution in [0.5, 0.6) is 0 Å². The lowest BCUT2D eigenvalue weighted by Gasteiger charge is -2.12. The first-order valence-corrected chi connectivity index (χ1v) is 10.8. The van der Waals surface area contributed by atoms with Gasteiger partial charge in [-0.2, -0.15) is 5.10 Å². The Balaban J connectivity index is 1.28. The Bertz CT molecular complexity index is 1460. The molecule has 0 radical (unpaired) electrons. The second kappa shape index (κ2) is 8.46. The van der Waals surface area contributed by atoms with Crippen LogP contribution in [0.1, 0.15) is 42.3 Å². The molecule has 0 aliphatic heterocycles. The summed E-state index contributed by atoms with van der Waals surface area (Å²) in [7, 11) is 0. The second-order valence-corrected chi connectivity index (χ2v) is 7.96. The fraction of sp³-hybridized carbons (Fsp3) is 0.240. The molecule has 33 heavy (non-hydrogen) atoms. The summed E-state index contributed by atoms with van der Waals surface area (Å²) in [6.45, 7) is 5.68. The summed E-state index contributed by atoms with van der Waals surface area (Å²) < 4.78 is 13.1. The molecule has 5 aromatic rings. The van der Waals surface area contributed by atoms with Gasteiger partial charge in [-0.25, -0.2) is 9.50 Å². The van der Waals surface area contributed by atoms with E-state index >= 15 is 0 Å². The van der Waals surface area contributed by atoms with Crippen molar-refractivity contribution in [2.45, 2.75) is 39.7 Å². The van der Waals surface area contributed by atoms with Gasteiger partial charge >= 0.3 is 5.97 Å². The van der Waals surface area contributed by atoms with Gasteiger partial charge in [0.15, 0.2) is 11.8 Å². The molecule has 0 spiro atoms. The molecular weight excluding hydrogens is 418 g/mol. The Hall–Kier alpha value is -4.07. The van der Waals surface area contributed by atoms with Crippen molar-refractivity contribution in [3.8, 4) is 11.5 Å². The van der Waals surface area contributed by atoms with E-state index in [2.05, 4.69) is 15.3 Å². The highest BCUT2D eigenvalue weighted by molar-refractivity contribution is 5.92. The first-order valence-electron chi connectivity index (χ1n) is 10.8. The zero-order valence-corrected chi connectivity index (χ0v) is 18.6. The fourth-order valence-corrected chi connectivity index (χ4v) is 3.97. The van der Waals surface area contributed by atoms with Gasteiger partial charge in [-0.15, -0.1) is 10.2 Å². The predicted octanol–water partition coefficient (Wildman–Crippen LogP) is 4.79. The molecular formula is C25H23N5O3. The van der Waals surface area contributed by atoms with Crippen LogP contribution >= 0.6 is 0 Å². The summed E-state index contributed by atoms with van der Waals surface area (Å²) in [5.41, 5.74) is 5.38. The van der Waals surface area contributed by atoms with Crippen molar-refractivity contribution in [3.05, 3.63) is 77.4 Å². The van der Waals surface area contributed by atoms with Crippen molar-refractivity contribution in [2.75, 3.05) is 0 Å². The van der Waals surface area contributed by atoms with Gasteiger partial charge in [0, 0.05) is 28.8 Å². The van der Waals surface area contributed by atoms with Gasteiger partial charge in [-0.05, 0) is 57.0 Å². The van der Waals surface area contributed by atoms with Crippen LogP contribution in [0.15, 0.2) is 59.0 Å². The number of fused-ring (bicyclic) bond motifs is 3. The Morgan fingerprint density at radius 2 is 1.82 bits per heavy atom. The first-order chi connectivity index (χ1) is 16.0. The molecule has 0 aliphatic rings. The quantitative estimate of drug-likeness (QED) is 0.350. The van der Waals surface area contributed by atoms with E-state index < -0.39 is 6.10 Å². The van der Waals surface area contributed by atoms with Crippen molar-refractivity contribution in [2.24, 2.45) is 0 Å². The molecule has 3 aromatic heterocycles.